The van der Waals surface area contributed by atoms with E-state index in [1.807, 2.05) is 23.9 Å². The monoisotopic (exact) mass is 275 g/mol. The lowest BCUT2D eigenvalue weighted by Crippen LogP contribution is -2.21. The summed E-state index contributed by atoms with van der Waals surface area (Å²) in [6.07, 6.45) is 0. The van der Waals surface area contributed by atoms with Gasteiger partial charge in [-0.25, -0.2) is 0 Å². The van der Waals surface area contributed by atoms with Crippen molar-refractivity contribution >= 4 is 24.2 Å². The Morgan fingerprint density at radius 3 is 2.53 bits per heavy atom. The van der Waals surface area contributed by atoms with Crippen molar-refractivity contribution in [1.29, 1.82) is 0 Å². The van der Waals surface area contributed by atoms with Gasteiger partial charge in [-0.2, -0.15) is 11.8 Å². The molecule has 1 aromatic carbocycles. The number of hydrogen-bond acceptors (Lipinski definition) is 3. The van der Waals surface area contributed by atoms with E-state index < -0.39 is 0 Å². The van der Waals surface area contributed by atoms with Gasteiger partial charge in [0.05, 0.1) is 7.11 Å². The third kappa shape index (κ3) is 6.20. The summed E-state index contributed by atoms with van der Waals surface area (Å²) >= 11 is 1.97. The predicted molar refractivity (Wildman–Crippen MR) is 79.6 cm³/mol. The van der Waals surface area contributed by atoms with E-state index in [0.717, 1.165) is 18.0 Å². The lowest BCUT2D eigenvalue weighted by atomic mass is 10.2. The van der Waals surface area contributed by atoms with Crippen LogP contribution in [0.5, 0.6) is 5.75 Å². The molecule has 17 heavy (non-hydrogen) atoms. The van der Waals surface area contributed by atoms with E-state index in [-0.39, 0.29) is 12.4 Å². The molecule has 1 unspecified atom stereocenters. The average molecular weight is 276 g/mol. The summed E-state index contributed by atoms with van der Waals surface area (Å²) in [5.74, 6) is 2.01. The van der Waals surface area contributed by atoms with E-state index in [9.17, 15) is 0 Å². The molecule has 4 heteroatoms. The Bertz CT molecular complexity index is 320. The largest absolute Gasteiger partial charge is 0.496 e. The minimum Gasteiger partial charge on any atom is -0.496 e. The molecule has 1 atom stereocenters. The molecule has 0 heterocycles. The van der Waals surface area contributed by atoms with Gasteiger partial charge in [-0.05, 0) is 20.2 Å². The van der Waals surface area contributed by atoms with E-state index >= 15 is 0 Å². The summed E-state index contributed by atoms with van der Waals surface area (Å²) in [6, 6.07) is 8.23. The number of thioether (sulfide) groups is 1. The van der Waals surface area contributed by atoms with Crippen LogP contribution in [0.15, 0.2) is 24.3 Å². The lowest BCUT2D eigenvalue weighted by Gasteiger charge is -2.17. The Kier molecular flexibility index (Phi) is 8.48. The van der Waals surface area contributed by atoms with Crippen LogP contribution in [0.2, 0.25) is 0 Å². The zero-order chi connectivity index (χ0) is 12.0. The second-order valence-corrected chi connectivity index (χ2v) is 5.62. The van der Waals surface area contributed by atoms with E-state index in [0.29, 0.717) is 5.25 Å². The number of halogens is 1. The number of methoxy groups -OCH3 is 1. The molecule has 0 bridgehead atoms. The third-order valence-electron chi connectivity index (χ3n) is 2.34. The molecule has 98 valence electrons. The molecule has 0 fully saturated rings. The number of benzene rings is 1. The lowest BCUT2D eigenvalue weighted by molar-refractivity contribution is 0.410. The van der Waals surface area contributed by atoms with Crippen LogP contribution in [0.25, 0.3) is 0 Å². The minimum atomic E-state index is 0. The first kappa shape index (κ1) is 16.6. The van der Waals surface area contributed by atoms with Crippen LogP contribution in [0.4, 0.5) is 0 Å². The van der Waals surface area contributed by atoms with Gasteiger partial charge in [-0.1, -0.05) is 25.1 Å². The Hall–Kier alpha value is -0.380. The molecule has 0 saturated carbocycles. The Balaban J connectivity index is 0.00000256. The molecule has 0 amide bonds. The maximum absolute atomic E-state index is 5.33. The van der Waals surface area contributed by atoms with E-state index in [1.165, 1.54) is 5.56 Å². The van der Waals surface area contributed by atoms with E-state index in [4.69, 9.17) is 4.74 Å². The molecule has 0 spiro atoms. The first-order valence-electron chi connectivity index (χ1n) is 5.51. The molecule has 2 nitrogen and oxygen atoms in total. The van der Waals surface area contributed by atoms with E-state index in [2.05, 4.69) is 38.1 Å². The summed E-state index contributed by atoms with van der Waals surface area (Å²) in [5.41, 5.74) is 1.28. The number of ether oxygens (including phenoxy) is 1. The highest BCUT2D eigenvalue weighted by molar-refractivity contribution is 7.99. The topological polar surface area (TPSA) is 12.5 Å². The van der Waals surface area contributed by atoms with Gasteiger partial charge < -0.3 is 9.64 Å². The van der Waals surface area contributed by atoms with E-state index in [1.54, 1.807) is 7.11 Å². The minimum absolute atomic E-state index is 0. The summed E-state index contributed by atoms with van der Waals surface area (Å²) in [4.78, 5) is 2.22. The van der Waals surface area contributed by atoms with Gasteiger partial charge in [0.2, 0.25) is 0 Å². The number of rotatable bonds is 6. The van der Waals surface area contributed by atoms with Gasteiger partial charge in [0.25, 0.3) is 0 Å². The first-order chi connectivity index (χ1) is 7.63. The van der Waals surface area contributed by atoms with Crippen molar-refractivity contribution in [2.45, 2.75) is 17.9 Å². The predicted octanol–water partition coefficient (Wildman–Crippen LogP) is 3.30. The molecule has 0 aromatic heterocycles. The van der Waals surface area contributed by atoms with Crippen LogP contribution in [0, 0.1) is 0 Å². The maximum atomic E-state index is 5.33. The summed E-state index contributed by atoms with van der Waals surface area (Å²) in [7, 11) is 5.95. The summed E-state index contributed by atoms with van der Waals surface area (Å²) in [6.45, 7) is 3.37. The fourth-order valence-corrected chi connectivity index (χ4v) is 2.73. The fraction of sp³-hybridized carbons (Fsp3) is 0.538. The van der Waals surface area contributed by atoms with Crippen LogP contribution in [0.1, 0.15) is 12.5 Å². The molecular formula is C13H22ClNOS. The summed E-state index contributed by atoms with van der Waals surface area (Å²) in [5, 5.41) is 0.639. The van der Waals surface area contributed by atoms with Crippen molar-refractivity contribution in [3.8, 4) is 5.75 Å². The van der Waals surface area contributed by atoms with Crippen LogP contribution in [-0.2, 0) is 5.75 Å². The summed E-state index contributed by atoms with van der Waals surface area (Å²) < 4.78 is 5.33. The van der Waals surface area contributed by atoms with Crippen LogP contribution >= 0.6 is 24.2 Å². The van der Waals surface area contributed by atoms with Crippen molar-refractivity contribution in [2.75, 3.05) is 27.7 Å². The quantitative estimate of drug-likeness (QED) is 0.790. The van der Waals surface area contributed by atoms with Gasteiger partial charge >= 0.3 is 0 Å². The van der Waals surface area contributed by atoms with Gasteiger partial charge in [-0.3, -0.25) is 0 Å². The Morgan fingerprint density at radius 2 is 1.94 bits per heavy atom. The zero-order valence-electron chi connectivity index (χ0n) is 11.0. The Labute approximate surface area is 115 Å². The number of nitrogens with zero attached hydrogens (tertiary/aromatic N) is 1. The zero-order valence-corrected chi connectivity index (χ0v) is 12.6. The second kappa shape index (κ2) is 8.67. The van der Waals surface area contributed by atoms with Gasteiger partial charge in [-0.15, -0.1) is 12.4 Å². The molecule has 0 aliphatic carbocycles. The number of para-hydroxylation sites is 1. The highest BCUT2D eigenvalue weighted by atomic mass is 35.5. The van der Waals surface area contributed by atoms with Gasteiger partial charge in [0, 0.05) is 23.1 Å². The van der Waals surface area contributed by atoms with Crippen molar-refractivity contribution in [2.24, 2.45) is 0 Å². The maximum Gasteiger partial charge on any atom is 0.122 e. The van der Waals surface area contributed by atoms with Crippen molar-refractivity contribution in [1.82, 2.24) is 4.90 Å². The SMILES string of the molecule is COc1ccccc1CSC(C)CN(C)C.Cl. The van der Waals surface area contributed by atoms with Crippen molar-refractivity contribution < 1.29 is 4.74 Å². The fourth-order valence-electron chi connectivity index (χ4n) is 1.62. The molecule has 0 saturated heterocycles. The molecule has 0 aliphatic heterocycles. The first-order valence-corrected chi connectivity index (χ1v) is 6.56. The number of hydrogen-bond donors (Lipinski definition) is 0. The normalized spacial score (nSPS) is 12.1. The second-order valence-electron chi connectivity index (χ2n) is 4.20. The highest BCUT2D eigenvalue weighted by Crippen LogP contribution is 2.25. The van der Waals surface area contributed by atoms with Gasteiger partial charge in [0.1, 0.15) is 5.75 Å². The standard InChI is InChI=1S/C13H21NOS.ClH/c1-11(9-14(2)3)16-10-12-7-5-6-8-13(12)15-4;/h5-8,11H,9-10H2,1-4H3;1H. The van der Waals surface area contributed by atoms with Crippen LogP contribution in [-0.4, -0.2) is 37.9 Å². The van der Waals surface area contributed by atoms with Crippen molar-refractivity contribution in [3.63, 3.8) is 0 Å². The molecule has 0 radical (unpaired) electrons. The highest BCUT2D eigenvalue weighted by Gasteiger charge is 2.07. The Morgan fingerprint density at radius 1 is 1.29 bits per heavy atom. The molecular weight excluding hydrogens is 254 g/mol. The molecule has 0 N–H and O–H groups in total. The molecule has 1 aromatic rings. The van der Waals surface area contributed by atoms with Crippen LogP contribution < -0.4 is 4.74 Å². The van der Waals surface area contributed by atoms with Gasteiger partial charge in [0.15, 0.2) is 0 Å². The smallest absolute Gasteiger partial charge is 0.122 e. The molecule has 1 rings (SSSR count). The average Bonchev–Trinajstić information content (AvgIpc) is 2.26. The molecule has 0 aliphatic rings. The third-order valence-corrected chi connectivity index (χ3v) is 3.53. The van der Waals surface area contributed by atoms with Crippen LogP contribution in [0.3, 0.4) is 0 Å². The van der Waals surface area contributed by atoms with Crippen molar-refractivity contribution in [3.05, 3.63) is 29.8 Å².